The minimum atomic E-state index is -3.04. The molecule has 0 spiro atoms. The molecule has 0 amide bonds. The number of anilines is 1. The lowest BCUT2D eigenvalue weighted by Gasteiger charge is -2.23. The van der Waals surface area contributed by atoms with E-state index in [9.17, 15) is 12.8 Å². The van der Waals surface area contributed by atoms with Gasteiger partial charge >= 0.3 is 0 Å². The Hall–Kier alpha value is -1.21. The number of nitrogens with one attached hydrogen (secondary N) is 1. The normalized spacial score (nSPS) is 29.2. The lowest BCUT2D eigenvalue weighted by atomic mass is 10.1. The van der Waals surface area contributed by atoms with Crippen molar-refractivity contribution in [1.29, 1.82) is 0 Å². The van der Waals surface area contributed by atoms with Gasteiger partial charge in [-0.05, 0) is 30.4 Å². The molecule has 2 heterocycles. The molecule has 0 aliphatic carbocycles. The van der Waals surface area contributed by atoms with Crippen molar-refractivity contribution < 1.29 is 12.8 Å². The molecule has 2 aliphatic rings. The van der Waals surface area contributed by atoms with E-state index in [0.29, 0.717) is 10.8 Å². The Bertz CT molecular complexity index is 617. The van der Waals surface area contributed by atoms with Crippen LogP contribution in [0.3, 0.4) is 0 Å². The van der Waals surface area contributed by atoms with Gasteiger partial charge in [-0.1, -0.05) is 6.07 Å². The molecule has 0 aromatic heterocycles. The number of halogens is 1. The highest BCUT2D eigenvalue weighted by Crippen LogP contribution is 2.29. The zero-order valence-corrected chi connectivity index (χ0v) is 11.0. The fraction of sp³-hybridized carbons (Fsp3) is 0.364. The molecule has 3 rings (SSSR count). The Kier molecular flexibility index (Phi) is 2.56. The predicted octanol–water partition coefficient (Wildman–Crippen LogP) is 0.686. The summed E-state index contributed by atoms with van der Waals surface area (Å²) in [5.74, 6) is -0.218. The quantitative estimate of drug-likeness (QED) is 0.770. The molecule has 1 aromatic carbocycles. The number of sulfone groups is 1. The van der Waals surface area contributed by atoms with Crippen LogP contribution in [0.4, 0.5) is 10.1 Å². The molecule has 2 saturated heterocycles. The van der Waals surface area contributed by atoms with E-state index >= 15 is 0 Å². The zero-order valence-electron chi connectivity index (χ0n) is 9.34. The third kappa shape index (κ3) is 1.87. The van der Waals surface area contributed by atoms with Crippen LogP contribution in [0, 0.1) is 5.82 Å². The van der Waals surface area contributed by atoms with Crippen molar-refractivity contribution in [2.75, 3.05) is 16.4 Å². The van der Waals surface area contributed by atoms with Crippen LogP contribution in [0.1, 0.15) is 0 Å². The first-order valence-corrected chi connectivity index (χ1v) is 7.75. The van der Waals surface area contributed by atoms with Crippen LogP contribution in [0.15, 0.2) is 24.3 Å². The minimum absolute atomic E-state index is 0.0569. The van der Waals surface area contributed by atoms with Crippen LogP contribution in [-0.2, 0) is 9.84 Å². The third-order valence-corrected chi connectivity index (χ3v) is 5.30. The molecule has 2 atom stereocenters. The molecule has 1 N–H and O–H groups in total. The molecule has 96 valence electrons. The number of fused-ring (bicyclic) bond motifs is 1. The van der Waals surface area contributed by atoms with Gasteiger partial charge in [-0.2, -0.15) is 0 Å². The van der Waals surface area contributed by atoms with Crippen LogP contribution in [0.2, 0.25) is 0 Å². The standard InChI is InChI=1S/C11H11FN2O2S2/c12-7-2-1-3-8(4-7)14-10-6-18(15,16)5-9(10)13-11(14)17/h1-4,9-10H,5-6H2,(H,13,17)/t9-,10-/m1/s1. The van der Waals surface area contributed by atoms with Crippen molar-refractivity contribution in [2.45, 2.75) is 12.1 Å². The maximum Gasteiger partial charge on any atom is 0.174 e. The average Bonchev–Trinajstić information content (AvgIpc) is 2.68. The summed E-state index contributed by atoms with van der Waals surface area (Å²) in [7, 11) is -3.04. The van der Waals surface area contributed by atoms with E-state index in [1.807, 2.05) is 0 Å². The van der Waals surface area contributed by atoms with Gasteiger partial charge in [0.1, 0.15) is 5.82 Å². The van der Waals surface area contributed by atoms with Crippen molar-refractivity contribution in [3.8, 4) is 0 Å². The van der Waals surface area contributed by atoms with E-state index in [1.165, 1.54) is 12.1 Å². The van der Waals surface area contributed by atoms with Crippen LogP contribution < -0.4 is 10.2 Å². The van der Waals surface area contributed by atoms with E-state index in [4.69, 9.17) is 12.2 Å². The summed E-state index contributed by atoms with van der Waals surface area (Å²) < 4.78 is 36.5. The number of rotatable bonds is 1. The number of thiocarbonyl (C=S) groups is 1. The Morgan fingerprint density at radius 3 is 2.89 bits per heavy atom. The SMILES string of the molecule is O=S1(=O)C[C@@H]2[C@@H](C1)NC(=S)N2c1cccc(F)c1. The maximum absolute atomic E-state index is 13.2. The molecule has 0 saturated carbocycles. The summed E-state index contributed by atoms with van der Waals surface area (Å²) in [5, 5.41) is 3.46. The molecule has 7 heteroatoms. The molecule has 1 aromatic rings. The second-order valence-corrected chi connectivity index (χ2v) is 7.09. The number of benzene rings is 1. The highest BCUT2D eigenvalue weighted by molar-refractivity contribution is 7.91. The molecular formula is C11H11FN2O2S2. The van der Waals surface area contributed by atoms with Crippen LogP contribution in [0.25, 0.3) is 0 Å². The lowest BCUT2D eigenvalue weighted by molar-refractivity contribution is 0.600. The summed E-state index contributed by atoms with van der Waals surface area (Å²) in [6.07, 6.45) is 0. The van der Waals surface area contributed by atoms with Gasteiger partial charge in [0.05, 0.1) is 23.6 Å². The topological polar surface area (TPSA) is 49.4 Å². The predicted molar refractivity (Wildman–Crippen MR) is 70.8 cm³/mol. The smallest absolute Gasteiger partial charge is 0.174 e. The highest BCUT2D eigenvalue weighted by Gasteiger charge is 2.47. The molecule has 0 unspecified atom stereocenters. The first-order valence-electron chi connectivity index (χ1n) is 5.52. The molecule has 0 radical (unpaired) electrons. The maximum atomic E-state index is 13.2. The second-order valence-electron chi connectivity index (χ2n) is 4.55. The first-order chi connectivity index (χ1) is 8.46. The summed E-state index contributed by atoms with van der Waals surface area (Å²) in [6.45, 7) is 0. The van der Waals surface area contributed by atoms with Gasteiger partial charge in [0.2, 0.25) is 0 Å². The second kappa shape index (κ2) is 3.89. The molecule has 4 nitrogen and oxygen atoms in total. The van der Waals surface area contributed by atoms with E-state index < -0.39 is 9.84 Å². The van der Waals surface area contributed by atoms with Gasteiger partial charge in [-0.15, -0.1) is 0 Å². The zero-order chi connectivity index (χ0) is 12.9. The molecule has 2 fully saturated rings. The minimum Gasteiger partial charge on any atom is -0.356 e. The van der Waals surface area contributed by atoms with Gasteiger partial charge in [0, 0.05) is 5.69 Å². The molecular weight excluding hydrogens is 275 g/mol. The molecule has 18 heavy (non-hydrogen) atoms. The fourth-order valence-electron chi connectivity index (χ4n) is 2.53. The fourth-order valence-corrected chi connectivity index (χ4v) is 4.82. The van der Waals surface area contributed by atoms with Gasteiger partial charge in [0.25, 0.3) is 0 Å². The van der Waals surface area contributed by atoms with E-state index in [-0.39, 0.29) is 29.4 Å². The monoisotopic (exact) mass is 286 g/mol. The Morgan fingerprint density at radius 2 is 2.17 bits per heavy atom. The van der Waals surface area contributed by atoms with Crippen LogP contribution in [0.5, 0.6) is 0 Å². The summed E-state index contributed by atoms with van der Waals surface area (Å²) in [4.78, 5) is 1.70. The van der Waals surface area contributed by atoms with E-state index in [0.717, 1.165) is 0 Å². The summed E-state index contributed by atoms with van der Waals surface area (Å²) in [5.41, 5.74) is 0.595. The molecule has 0 bridgehead atoms. The van der Waals surface area contributed by atoms with Crippen molar-refractivity contribution in [3.05, 3.63) is 30.1 Å². The van der Waals surface area contributed by atoms with E-state index in [2.05, 4.69) is 5.32 Å². The number of nitrogens with zero attached hydrogens (tertiary/aromatic N) is 1. The first kappa shape index (κ1) is 11.9. The van der Waals surface area contributed by atoms with Crippen molar-refractivity contribution in [1.82, 2.24) is 5.32 Å². The number of hydrogen-bond acceptors (Lipinski definition) is 3. The Balaban J connectivity index is 1.99. The van der Waals surface area contributed by atoms with Crippen LogP contribution in [-0.4, -0.2) is 37.1 Å². The average molecular weight is 286 g/mol. The van der Waals surface area contributed by atoms with Gasteiger partial charge < -0.3 is 10.2 Å². The lowest BCUT2D eigenvalue weighted by Crippen LogP contribution is -2.36. The largest absolute Gasteiger partial charge is 0.356 e. The van der Waals surface area contributed by atoms with Crippen molar-refractivity contribution >= 4 is 32.9 Å². The van der Waals surface area contributed by atoms with Gasteiger partial charge in [-0.25, -0.2) is 12.8 Å². The summed E-state index contributed by atoms with van der Waals surface area (Å²) >= 11 is 5.19. The third-order valence-electron chi connectivity index (χ3n) is 3.27. The Labute approximate surface area is 110 Å². The van der Waals surface area contributed by atoms with Crippen molar-refractivity contribution in [2.24, 2.45) is 0 Å². The Morgan fingerprint density at radius 1 is 1.39 bits per heavy atom. The van der Waals surface area contributed by atoms with Crippen LogP contribution >= 0.6 is 12.2 Å². The van der Waals surface area contributed by atoms with Gasteiger partial charge in [0.15, 0.2) is 14.9 Å². The van der Waals surface area contributed by atoms with Gasteiger partial charge in [-0.3, -0.25) is 0 Å². The number of hydrogen-bond donors (Lipinski definition) is 1. The molecule has 2 aliphatic heterocycles. The van der Waals surface area contributed by atoms with Crippen molar-refractivity contribution in [3.63, 3.8) is 0 Å². The van der Waals surface area contributed by atoms with E-state index in [1.54, 1.807) is 17.0 Å². The summed E-state index contributed by atoms with van der Waals surface area (Å²) in [6, 6.07) is 5.60. The highest BCUT2D eigenvalue weighted by atomic mass is 32.2.